The average Bonchev–Trinajstić information content (AvgIpc) is 1.69. The van der Waals surface area contributed by atoms with E-state index >= 15 is 0 Å². The quantitative estimate of drug-likeness (QED) is 0.218. The van der Waals surface area contributed by atoms with Gasteiger partial charge in [0.1, 0.15) is 0 Å². The van der Waals surface area contributed by atoms with Crippen molar-refractivity contribution >= 4 is 0 Å². The number of allylic oxidation sites excluding steroid dienone is 1. The average molecular weight is 97.1 g/mol. The normalized spacial score (nSPS) is 8.71. The van der Waals surface area contributed by atoms with Crippen LogP contribution < -0.4 is 0 Å². The van der Waals surface area contributed by atoms with E-state index in [-0.39, 0.29) is 0 Å². The lowest BCUT2D eigenvalue weighted by Gasteiger charge is -1.68. The fourth-order valence-corrected chi connectivity index (χ4v) is 0.189. The second-order valence-corrected chi connectivity index (χ2v) is 0.982. The molecule has 7 heavy (non-hydrogen) atoms. The number of hydrogen-bond donors (Lipinski definition) is 0. The maximum Gasteiger partial charge on any atom is 0.0440 e. The van der Waals surface area contributed by atoms with Crippen LogP contribution in [0.3, 0.4) is 0 Å². The van der Waals surface area contributed by atoms with E-state index in [0.29, 0.717) is 6.54 Å². The summed E-state index contributed by atoms with van der Waals surface area (Å²) in [5.74, 6) is 0. The van der Waals surface area contributed by atoms with Gasteiger partial charge in [-0.2, -0.15) is 0 Å². The zero-order valence-corrected chi connectivity index (χ0v) is 4.20. The van der Waals surface area contributed by atoms with Crippen LogP contribution in [0.1, 0.15) is 6.92 Å². The number of hydrogen-bond acceptors (Lipinski definition) is 1. The molecule has 0 saturated heterocycles. The highest BCUT2D eigenvalue weighted by Crippen LogP contribution is 1.72. The first-order valence-corrected chi connectivity index (χ1v) is 2.04. The Bertz CT molecular complexity index is 99.5. The Balaban J connectivity index is 3.15. The molecule has 0 fully saturated rings. The van der Waals surface area contributed by atoms with E-state index < -0.39 is 0 Å². The van der Waals surface area contributed by atoms with Crippen LogP contribution in [0.2, 0.25) is 0 Å². The maximum absolute atomic E-state index is 7.72. The van der Waals surface area contributed by atoms with Crippen molar-refractivity contribution in [1.82, 2.24) is 0 Å². The minimum absolute atomic E-state index is 0.465. The summed E-state index contributed by atoms with van der Waals surface area (Å²) in [5, 5.41) is 3.26. The van der Waals surface area contributed by atoms with E-state index in [4.69, 9.17) is 5.53 Å². The highest BCUT2D eigenvalue weighted by molar-refractivity contribution is 4.78. The third kappa shape index (κ3) is 5.05. The van der Waals surface area contributed by atoms with Crippen molar-refractivity contribution < 1.29 is 0 Å². The molecule has 0 spiro atoms. The summed E-state index contributed by atoms with van der Waals surface area (Å²) in [6.07, 6.45) is 3.63. The molecule has 0 N–H and O–H groups in total. The van der Waals surface area contributed by atoms with Crippen LogP contribution in [0.25, 0.3) is 10.4 Å². The van der Waals surface area contributed by atoms with Crippen molar-refractivity contribution in [1.29, 1.82) is 0 Å². The van der Waals surface area contributed by atoms with Crippen molar-refractivity contribution in [2.45, 2.75) is 6.92 Å². The molecule has 0 saturated carbocycles. The molecule has 0 radical (unpaired) electrons. The van der Waals surface area contributed by atoms with Gasteiger partial charge in [-0.3, -0.25) is 0 Å². The second kappa shape index (κ2) is 5.05. The van der Waals surface area contributed by atoms with Crippen LogP contribution in [0.5, 0.6) is 0 Å². The molecular formula is C4H7N3. The molecule has 0 rings (SSSR count). The molecule has 0 amide bonds. The molecule has 0 aromatic carbocycles. The molecule has 0 aliphatic carbocycles. The molecule has 38 valence electrons. The molecule has 0 aromatic heterocycles. The fraction of sp³-hybridized carbons (Fsp3) is 0.500. The fourth-order valence-electron chi connectivity index (χ4n) is 0.189. The Labute approximate surface area is 42.3 Å². The summed E-state index contributed by atoms with van der Waals surface area (Å²) >= 11 is 0. The van der Waals surface area contributed by atoms with Crippen LogP contribution in [-0.2, 0) is 0 Å². The number of nitrogens with zero attached hydrogens (tertiary/aromatic N) is 3. The van der Waals surface area contributed by atoms with Gasteiger partial charge in [-0.1, -0.05) is 17.3 Å². The second-order valence-electron chi connectivity index (χ2n) is 0.982. The van der Waals surface area contributed by atoms with E-state index in [1.54, 1.807) is 6.08 Å². The predicted molar refractivity (Wildman–Crippen MR) is 28.8 cm³/mol. The van der Waals surface area contributed by atoms with Gasteiger partial charge < -0.3 is 0 Å². The molecule has 0 aliphatic rings. The summed E-state index contributed by atoms with van der Waals surface area (Å²) < 4.78 is 0. The van der Waals surface area contributed by atoms with Gasteiger partial charge in [0.2, 0.25) is 0 Å². The SMILES string of the molecule is C/C=C/CN=[N+]=[N-]. The van der Waals surface area contributed by atoms with Crippen LogP contribution >= 0.6 is 0 Å². The topological polar surface area (TPSA) is 48.8 Å². The molecule has 3 nitrogen and oxygen atoms in total. The van der Waals surface area contributed by atoms with Crippen LogP contribution in [-0.4, -0.2) is 6.54 Å². The minimum Gasteiger partial charge on any atom is -0.0915 e. The highest BCUT2D eigenvalue weighted by atomic mass is 15.1. The van der Waals surface area contributed by atoms with Crippen molar-refractivity contribution in [3.05, 3.63) is 22.6 Å². The molecular weight excluding hydrogens is 90.1 g/mol. The first-order chi connectivity index (χ1) is 3.41. The van der Waals surface area contributed by atoms with E-state index in [9.17, 15) is 0 Å². The Kier molecular flexibility index (Phi) is 4.36. The van der Waals surface area contributed by atoms with Gasteiger partial charge in [0.05, 0.1) is 0 Å². The van der Waals surface area contributed by atoms with Crippen LogP contribution in [0, 0.1) is 0 Å². The Hall–Kier alpha value is -0.950. The summed E-state index contributed by atoms with van der Waals surface area (Å²) in [6.45, 7) is 2.35. The third-order valence-electron chi connectivity index (χ3n) is 0.486. The lowest BCUT2D eigenvalue weighted by molar-refractivity contribution is 1.21. The highest BCUT2D eigenvalue weighted by Gasteiger charge is 1.61. The zero-order valence-electron chi connectivity index (χ0n) is 4.20. The van der Waals surface area contributed by atoms with Crippen LogP contribution in [0.15, 0.2) is 17.3 Å². The summed E-state index contributed by atoms with van der Waals surface area (Å²) in [7, 11) is 0. The van der Waals surface area contributed by atoms with Crippen molar-refractivity contribution in [3.8, 4) is 0 Å². The Morgan fingerprint density at radius 2 is 2.57 bits per heavy atom. The molecule has 0 atom stereocenters. The lowest BCUT2D eigenvalue weighted by Crippen LogP contribution is -1.61. The first kappa shape index (κ1) is 6.05. The minimum atomic E-state index is 0.465. The summed E-state index contributed by atoms with van der Waals surface area (Å²) in [4.78, 5) is 2.55. The number of rotatable bonds is 2. The Morgan fingerprint density at radius 3 is 3.00 bits per heavy atom. The summed E-state index contributed by atoms with van der Waals surface area (Å²) in [6, 6.07) is 0. The standard InChI is InChI=1S/C4H7N3/c1-2-3-4-6-7-5/h2-3H,4H2,1H3/b3-2+. The van der Waals surface area contributed by atoms with Gasteiger partial charge in [-0.25, -0.2) is 0 Å². The summed E-state index contributed by atoms with van der Waals surface area (Å²) in [5.41, 5.74) is 7.72. The van der Waals surface area contributed by atoms with Gasteiger partial charge in [0, 0.05) is 11.5 Å². The monoisotopic (exact) mass is 97.1 g/mol. The molecule has 0 aliphatic heterocycles. The molecule has 0 bridgehead atoms. The zero-order chi connectivity index (χ0) is 5.54. The predicted octanol–water partition coefficient (Wildman–Crippen LogP) is 1.87. The molecule has 0 heterocycles. The lowest BCUT2D eigenvalue weighted by atomic mass is 10.5. The number of azide groups is 1. The molecule has 3 heteroatoms. The van der Waals surface area contributed by atoms with Gasteiger partial charge in [-0.15, -0.1) is 0 Å². The van der Waals surface area contributed by atoms with Gasteiger partial charge in [0.15, 0.2) is 0 Å². The van der Waals surface area contributed by atoms with E-state index in [1.807, 2.05) is 13.0 Å². The van der Waals surface area contributed by atoms with Gasteiger partial charge in [-0.05, 0) is 12.5 Å². The molecule has 0 aromatic rings. The van der Waals surface area contributed by atoms with E-state index in [0.717, 1.165) is 0 Å². The van der Waals surface area contributed by atoms with E-state index in [2.05, 4.69) is 10.0 Å². The largest absolute Gasteiger partial charge is 0.0915 e. The van der Waals surface area contributed by atoms with Gasteiger partial charge >= 0.3 is 0 Å². The Morgan fingerprint density at radius 1 is 1.86 bits per heavy atom. The van der Waals surface area contributed by atoms with Crippen molar-refractivity contribution in [2.75, 3.05) is 6.54 Å². The van der Waals surface area contributed by atoms with Crippen molar-refractivity contribution in [2.24, 2.45) is 5.11 Å². The maximum atomic E-state index is 7.72. The van der Waals surface area contributed by atoms with E-state index in [1.165, 1.54) is 0 Å². The van der Waals surface area contributed by atoms with Crippen molar-refractivity contribution in [3.63, 3.8) is 0 Å². The smallest absolute Gasteiger partial charge is 0.0440 e. The molecule has 0 unspecified atom stereocenters. The van der Waals surface area contributed by atoms with Gasteiger partial charge in [0.25, 0.3) is 0 Å². The first-order valence-electron chi connectivity index (χ1n) is 2.04. The van der Waals surface area contributed by atoms with Crippen LogP contribution in [0.4, 0.5) is 0 Å². The third-order valence-corrected chi connectivity index (χ3v) is 0.486.